The minimum absolute atomic E-state index is 0.334. The summed E-state index contributed by atoms with van der Waals surface area (Å²) in [5, 5.41) is 2.08. The molecule has 0 fully saturated rings. The molecule has 0 aliphatic rings. The van der Waals surface area contributed by atoms with Crippen molar-refractivity contribution in [2.24, 2.45) is 0 Å². The summed E-state index contributed by atoms with van der Waals surface area (Å²) >= 11 is 6.04. The second-order valence-electron chi connectivity index (χ2n) is 7.93. The van der Waals surface area contributed by atoms with E-state index in [0.717, 1.165) is 22.1 Å². The molecule has 5 aromatic rings. The Morgan fingerprint density at radius 3 is 2.49 bits per heavy atom. The average molecular weight is 532 g/mol. The number of anilines is 1. The van der Waals surface area contributed by atoms with E-state index in [1.54, 1.807) is 43.1 Å². The van der Waals surface area contributed by atoms with Crippen molar-refractivity contribution >= 4 is 39.2 Å². The van der Waals surface area contributed by atoms with E-state index in [9.17, 15) is 4.21 Å². The fourth-order valence-corrected chi connectivity index (χ4v) is 5.26. The highest BCUT2D eigenvalue weighted by Crippen LogP contribution is 2.34. The van der Waals surface area contributed by atoms with Crippen molar-refractivity contribution in [3.8, 4) is 22.9 Å². The van der Waals surface area contributed by atoms with Crippen LogP contribution in [0.2, 0.25) is 5.15 Å². The van der Waals surface area contributed by atoms with Crippen LogP contribution in [-0.4, -0.2) is 38.4 Å². The van der Waals surface area contributed by atoms with Gasteiger partial charge in [-0.15, -0.1) is 0 Å². The molecule has 0 aliphatic heterocycles. The zero-order valence-corrected chi connectivity index (χ0v) is 21.6. The maximum atomic E-state index is 13.9. The third kappa shape index (κ3) is 5.23. The molecule has 0 saturated heterocycles. The topological polar surface area (TPSA) is 90.3 Å². The Labute approximate surface area is 221 Å². The predicted octanol–water partition coefficient (Wildman–Crippen LogP) is 5.49. The lowest BCUT2D eigenvalue weighted by Crippen LogP contribution is -2.26. The van der Waals surface area contributed by atoms with E-state index < -0.39 is 11.0 Å². The molecule has 3 heterocycles. The standard InChI is InChI=1S/C27H22ClN5O3S/c1-35-20-5-3-18(4-6-20)16-33(25-12-13-29-17-31-25)37(34)21-7-8-22-19(15-21)11-14-30-26(22)23-9-10-24(28)32-27(23)36-2/h3-15,17H,16H2,1-2H3. The molecule has 0 saturated carbocycles. The lowest BCUT2D eigenvalue weighted by Gasteiger charge is -2.22. The van der Waals surface area contributed by atoms with Gasteiger partial charge in [0.2, 0.25) is 5.88 Å². The summed E-state index contributed by atoms with van der Waals surface area (Å²) in [6, 6.07) is 20.4. The summed E-state index contributed by atoms with van der Waals surface area (Å²) in [7, 11) is 1.60. The van der Waals surface area contributed by atoms with Crippen LogP contribution in [0.1, 0.15) is 5.56 Å². The monoisotopic (exact) mass is 531 g/mol. The van der Waals surface area contributed by atoms with Gasteiger partial charge >= 0.3 is 0 Å². The van der Waals surface area contributed by atoms with Gasteiger partial charge in [-0.2, -0.15) is 0 Å². The Bertz CT molecular complexity index is 1570. The molecule has 37 heavy (non-hydrogen) atoms. The molecule has 0 spiro atoms. The minimum Gasteiger partial charge on any atom is -0.497 e. The number of halogens is 1. The van der Waals surface area contributed by atoms with E-state index >= 15 is 0 Å². The zero-order chi connectivity index (χ0) is 25.8. The Kier molecular flexibility index (Phi) is 7.25. The highest BCUT2D eigenvalue weighted by atomic mass is 35.5. The number of aromatic nitrogens is 4. The normalized spacial score (nSPS) is 11.8. The van der Waals surface area contributed by atoms with Gasteiger partial charge in [0.15, 0.2) is 11.0 Å². The van der Waals surface area contributed by atoms with Crippen LogP contribution in [0.4, 0.5) is 5.82 Å². The molecule has 0 amide bonds. The summed E-state index contributed by atoms with van der Waals surface area (Å²) in [5.41, 5.74) is 2.37. The number of benzene rings is 2. The third-order valence-electron chi connectivity index (χ3n) is 5.72. The number of hydrogen-bond donors (Lipinski definition) is 0. The molecule has 10 heteroatoms. The van der Waals surface area contributed by atoms with Crippen molar-refractivity contribution in [1.29, 1.82) is 0 Å². The molecule has 0 N–H and O–H groups in total. The van der Waals surface area contributed by atoms with Crippen LogP contribution in [0.25, 0.3) is 22.0 Å². The smallest absolute Gasteiger partial charge is 0.224 e. The fraction of sp³-hybridized carbons (Fsp3) is 0.111. The van der Waals surface area contributed by atoms with Crippen LogP contribution in [0.3, 0.4) is 0 Å². The maximum Gasteiger partial charge on any atom is 0.224 e. The number of fused-ring (bicyclic) bond motifs is 1. The van der Waals surface area contributed by atoms with Crippen molar-refractivity contribution in [2.45, 2.75) is 11.4 Å². The molecular formula is C27H22ClN5O3S. The quantitative estimate of drug-likeness (QED) is 0.245. The first-order valence-electron chi connectivity index (χ1n) is 11.3. The largest absolute Gasteiger partial charge is 0.497 e. The van der Waals surface area contributed by atoms with Crippen LogP contribution in [0.5, 0.6) is 11.6 Å². The van der Waals surface area contributed by atoms with Crippen molar-refractivity contribution < 1.29 is 13.7 Å². The van der Waals surface area contributed by atoms with E-state index in [1.165, 1.54) is 6.33 Å². The Hall–Kier alpha value is -4.08. The lowest BCUT2D eigenvalue weighted by molar-refractivity contribution is 0.399. The SMILES string of the molecule is COc1ccc(CN(c2ccncn2)S(=O)c2ccc3c(-c4ccc(Cl)nc4OC)nccc3c2)cc1. The van der Waals surface area contributed by atoms with Gasteiger partial charge in [-0.1, -0.05) is 29.8 Å². The summed E-state index contributed by atoms with van der Waals surface area (Å²) in [5.74, 6) is 1.69. The zero-order valence-electron chi connectivity index (χ0n) is 20.0. The van der Waals surface area contributed by atoms with Gasteiger partial charge in [-0.25, -0.2) is 19.2 Å². The third-order valence-corrected chi connectivity index (χ3v) is 7.30. The maximum absolute atomic E-state index is 13.9. The van der Waals surface area contributed by atoms with Gasteiger partial charge in [-0.3, -0.25) is 9.29 Å². The van der Waals surface area contributed by atoms with Crippen molar-refractivity contribution in [2.75, 3.05) is 18.5 Å². The molecule has 0 bridgehead atoms. The highest BCUT2D eigenvalue weighted by Gasteiger charge is 2.20. The molecule has 1 atom stereocenters. The molecule has 3 aromatic heterocycles. The van der Waals surface area contributed by atoms with Gasteiger partial charge < -0.3 is 9.47 Å². The lowest BCUT2D eigenvalue weighted by atomic mass is 10.1. The van der Waals surface area contributed by atoms with Crippen LogP contribution in [-0.2, 0) is 17.5 Å². The first kappa shape index (κ1) is 24.6. The fourth-order valence-electron chi connectivity index (χ4n) is 3.91. The van der Waals surface area contributed by atoms with Crippen LogP contribution in [0, 0.1) is 0 Å². The summed E-state index contributed by atoms with van der Waals surface area (Å²) in [6.45, 7) is 0.376. The first-order chi connectivity index (χ1) is 18.1. The molecule has 5 rings (SSSR count). The van der Waals surface area contributed by atoms with Crippen molar-refractivity contribution in [1.82, 2.24) is 19.9 Å². The second kappa shape index (κ2) is 10.9. The van der Waals surface area contributed by atoms with Crippen molar-refractivity contribution in [3.05, 3.63) is 96.2 Å². The first-order valence-corrected chi connectivity index (χ1v) is 12.7. The van der Waals surface area contributed by atoms with E-state index in [2.05, 4.69) is 19.9 Å². The number of methoxy groups -OCH3 is 2. The summed E-state index contributed by atoms with van der Waals surface area (Å²) < 4.78 is 26.3. The Morgan fingerprint density at radius 2 is 1.76 bits per heavy atom. The average Bonchev–Trinajstić information content (AvgIpc) is 2.95. The van der Waals surface area contributed by atoms with Gasteiger partial charge in [0.25, 0.3) is 0 Å². The highest BCUT2D eigenvalue weighted by molar-refractivity contribution is 7.86. The van der Waals surface area contributed by atoms with Gasteiger partial charge in [0, 0.05) is 17.8 Å². The van der Waals surface area contributed by atoms with Crippen molar-refractivity contribution in [3.63, 3.8) is 0 Å². The molecule has 0 radical (unpaired) electrons. The van der Waals surface area contributed by atoms with E-state index in [-0.39, 0.29) is 0 Å². The molecule has 2 aromatic carbocycles. The minimum atomic E-state index is -1.56. The number of nitrogens with zero attached hydrogens (tertiary/aromatic N) is 5. The summed E-state index contributed by atoms with van der Waals surface area (Å²) in [4.78, 5) is 17.8. The summed E-state index contributed by atoms with van der Waals surface area (Å²) in [6.07, 6.45) is 4.78. The van der Waals surface area contributed by atoms with Crippen LogP contribution in [0.15, 0.2) is 90.3 Å². The molecular weight excluding hydrogens is 510 g/mol. The van der Waals surface area contributed by atoms with E-state index in [0.29, 0.717) is 39.5 Å². The van der Waals surface area contributed by atoms with Crippen LogP contribution >= 0.6 is 11.6 Å². The molecule has 0 aliphatic carbocycles. The molecule has 1 unspecified atom stereocenters. The Morgan fingerprint density at radius 1 is 0.919 bits per heavy atom. The number of pyridine rings is 2. The number of ether oxygens (including phenoxy) is 2. The van der Waals surface area contributed by atoms with Crippen LogP contribution < -0.4 is 13.8 Å². The van der Waals surface area contributed by atoms with Gasteiger partial charge in [0.05, 0.1) is 36.9 Å². The van der Waals surface area contributed by atoms with E-state index in [4.69, 9.17) is 21.1 Å². The molecule has 186 valence electrons. The predicted molar refractivity (Wildman–Crippen MR) is 144 cm³/mol. The number of rotatable bonds is 8. The van der Waals surface area contributed by atoms with Gasteiger partial charge in [0.1, 0.15) is 23.0 Å². The van der Waals surface area contributed by atoms with Gasteiger partial charge in [-0.05, 0) is 59.5 Å². The number of hydrogen-bond acceptors (Lipinski definition) is 7. The Balaban J connectivity index is 1.53. The second-order valence-corrected chi connectivity index (χ2v) is 9.73. The molecule has 8 nitrogen and oxygen atoms in total. The van der Waals surface area contributed by atoms with E-state index in [1.807, 2.05) is 54.6 Å².